The van der Waals surface area contributed by atoms with Gasteiger partial charge in [0.2, 0.25) is 11.2 Å². The Morgan fingerprint density at radius 1 is 1.06 bits per heavy atom. The average Bonchev–Trinajstić information content (AvgIpc) is 3.95. The number of ether oxygens (including phenoxy) is 1. The van der Waals surface area contributed by atoms with Crippen LogP contribution in [-0.4, -0.2) is 68.0 Å². The number of nitrogens with zero attached hydrogens (tertiary/aromatic N) is 2. The van der Waals surface area contributed by atoms with E-state index in [1.807, 2.05) is 41.1 Å². The van der Waals surface area contributed by atoms with Gasteiger partial charge in [-0.05, 0) is 104 Å². The van der Waals surface area contributed by atoms with Gasteiger partial charge in [-0.25, -0.2) is 9.59 Å². The summed E-state index contributed by atoms with van der Waals surface area (Å²) in [5.74, 6) is -1.10. The van der Waals surface area contributed by atoms with Gasteiger partial charge >= 0.3 is 11.7 Å². The van der Waals surface area contributed by atoms with Crippen LogP contribution in [0.2, 0.25) is 0 Å². The molecule has 1 atom stereocenters. The minimum absolute atomic E-state index is 0.0642. The lowest BCUT2D eigenvalue weighted by molar-refractivity contribution is -0.169. The SMILES string of the molecule is CN(CCCn1c(=O)oc2cc(CNC[C@H](O)c3ccc(O)c4[nH]c(=O)ccc34)ccc21)[C@H]1CC[C@H](OC(=O)C(O)(c2cccs2)c2cccs2)CC1. The second kappa shape index (κ2) is 15.8. The van der Waals surface area contributed by atoms with Crippen molar-refractivity contribution in [2.75, 3.05) is 20.1 Å². The van der Waals surface area contributed by atoms with E-state index < -0.39 is 23.4 Å². The molecule has 0 bridgehead atoms. The predicted octanol–water partition coefficient (Wildman–Crippen LogP) is 5.20. The number of benzene rings is 2. The predicted molar refractivity (Wildman–Crippen MR) is 204 cm³/mol. The highest BCUT2D eigenvalue weighted by atomic mass is 32.1. The summed E-state index contributed by atoms with van der Waals surface area (Å²) in [6.45, 7) is 1.92. The number of esters is 1. The van der Waals surface area contributed by atoms with Crippen LogP contribution in [0.25, 0.3) is 22.0 Å². The Balaban J connectivity index is 0.881. The Hall–Kier alpha value is -4.57. The highest BCUT2D eigenvalue weighted by molar-refractivity contribution is 7.12. The van der Waals surface area contributed by atoms with Gasteiger partial charge in [-0.2, -0.15) is 0 Å². The Morgan fingerprint density at radius 3 is 2.49 bits per heavy atom. The van der Waals surface area contributed by atoms with Crippen molar-refractivity contribution < 1.29 is 29.3 Å². The number of hydrogen-bond acceptors (Lipinski definition) is 12. The molecule has 2 aromatic carbocycles. The van der Waals surface area contributed by atoms with Crippen LogP contribution in [0.5, 0.6) is 5.75 Å². The number of phenols is 1. The number of aryl methyl sites for hydroxylation is 1. The summed E-state index contributed by atoms with van der Waals surface area (Å²) in [7, 11) is 2.08. The Bertz CT molecular complexity index is 2250. The molecule has 4 heterocycles. The van der Waals surface area contributed by atoms with Crippen LogP contribution in [0.15, 0.2) is 91.5 Å². The molecule has 7 rings (SSSR count). The Kier molecular flexibility index (Phi) is 11.0. The quantitative estimate of drug-likeness (QED) is 0.0931. The molecular formula is C39H42N4O8S2. The van der Waals surface area contributed by atoms with Crippen molar-refractivity contribution in [3.63, 3.8) is 0 Å². The van der Waals surface area contributed by atoms with E-state index in [0.29, 0.717) is 58.3 Å². The van der Waals surface area contributed by atoms with E-state index in [0.717, 1.165) is 36.9 Å². The molecule has 0 unspecified atom stereocenters. The van der Waals surface area contributed by atoms with Gasteiger partial charge in [-0.3, -0.25) is 9.36 Å². The van der Waals surface area contributed by atoms with Crippen molar-refractivity contribution in [2.24, 2.45) is 0 Å². The lowest BCUT2D eigenvalue weighted by Gasteiger charge is -2.35. The summed E-state index contributed by atoms with van der Waals surface area (Å²) >= 11 is 2.67. The van der Waals surface area contributed by atoms with Gasteiger partial charge in [0.05, 0.1) is 26.9 Å². The smallest absolute Gasteiger partial charge is 0.419 e. The molecule has 53 heavy (non-hydrogen) atoms. The van der Waals surface area contributed by atoms with Crippen LogP contribution < -0.4 is 16.6 Å². The second-order valence-corrected chi connectivity index (χ2v) is 15.5. The number of H-pyrrole nitrogens is 1. The van der Waals surface area contributed by atoms with Gasteiger partial charge in [-0.1, -0.05) is 24.3 Å². The lowest BCUT2D eigenvalue weighted by atomic mass is 9.91. The van der Waals surface area contributed by atoms with Gasteiger partial charge in [0, 0.05) is 37.1 Å². The standard InChI is InChI=1S/C39H42N4O8S2/c1-42(25-8-10-26(11-9-25)50-37(47)39(49,33-5-2-19-52-33)34-6-3-20-53-34)17-4-18-43-29-14-7-24(21-32(29)51-38(43)48)22-40-23-31(45)27-12-15-30(44)36-28(27)13-16-35(46)41-36/h2-3,5-7,12-16,19-21,25-26,31,40,44-45,49H,4,8-11,17-18,22-23H2,1H3,(H,41,46)/t25-,26-,31-/m0/s1. The van der Waals surface area contributed by atoms with E-state index in [9.17, 15) is 29.7 Å². The maximum Gasteiger partial charge on any atom is 0.419 e. The largest absolute Gasteiger partial charge is 0.506 e. The van der Waals surface area contributed by atoms with Crippen molar-refractivity contribution >= 4 is 50.6 Å². The Labute approximate surface area is 312 Å². The minimum Gasteiger partial charge on any atom is -0.506 e. The van der Waals surface area contributed by atoms with Crippen LogP contribution in [0.4, 0.5) is 0 Å². The minimum atomic E-state index is -1.80. The molecule has 0 saturated heterocycles. The number of hydrogen-bond donors (Lipinski definition) is 5. The molecule has 14 heteroatoms. The molecule has 6 aromatic rings. The van der Waals surface area contributed by atoms with Crippen molar-refractivity contribution in [2.45, 2.75) is 69.0 Å². The summed E-state index contributed by atoms with van der Waals surface area (Å²) in [6, 6.07) is 19.1. The zero-order chi connectivity index (χ0) is 37.1. The van der Waals surface area contributed by atoms with Crippen molar-refractivity contribution in [3.05, 3.63) is 119 Å². The monoisotopic (exact) mass is 758 g/mol. The molecule has 1 aliphatic carbocycles. The fourth-order valence-corrected chi connectivity index (χ4v) is 8.95. The number of aromatic amines is 1. The normalized spacial score (nSPS) is 17.1. The number of oxazole rings is 1. The van der Waals surface area contributed by atoms with Gasteiger partial charge < -0.3 is 39.7 Å². The van der Waals surface area contributed by atoms with Crippen LogP contribution >= 0.6 is 22.7 Å². The van der Waals surface area contributed by atoms with E-state index in [1.165, 1.54) is 34.8 Å². The average molecular weight is 759 g/mol. The van der Waals surface area contributed by atoms with Gasteiger partial charge in [0.15, 0.2) is 5.58 Å². The summed E-state index contributed by atoms with van der Waals surface area (Å²) in [5, 5.41) is 40.0. The number of carbonyl (C=O) groups excluding carboxylic acids is 1. The third-order valence-corrected chi connectivity index (χ3v) is 12.1. The maximum atomic E-state index is 13.4. The highest BCUT2D eigenvalue weighted by Crippen LogP contribution is 2.38. The number of aromatic nitrogens is 2. The van der Waals surface area contributed by atoms with Gasteiger partial charge in [0.25, 0.3) is 0 Å². The molecule has 1 aliphatic rings. The molecule has 0 radical (unpaired) electrons. The summed E-state index contributed by atoms with van der Waals surface area (Å²) < 4.78 is 13.2. The third-order valence-electron chi connectivity index (χ3n) is 10.1. The molecule has 4 aromatic heterocycles. The zero-order valence-electron chi connectivity index (χ0n) is 29.2. The fourth-order valence-electron chi connectivity index (χ4n) is 7.24. The molecule has 5 N–H and O–H groups in total. The summed E-state index contributed by atoms with van der Waals surface area (Å²) in [6.07, 6.45) is 2.74. The molecule has 278 valence electrons. The molecule has 0 spiro atoms. The zero-order valence-corrected chi connectivity index (χ0v) is 30.8. The molecule has 1 saturated carbocycles. The number of carbonyl (C=O) groups is 1. The number of pyridine rings is 1. The van der Waals surface area contributed by atoms with Crippen molar-refractivity contribution in [1.82, 2.24) is 19.8 Å². The van der Waals surface area contributed by atoms with Crippen LogP contribution in [0.1, 0.15) is 59.1 Å². The van der Waals surface area contributed by atoms with E-state index in [1.54, 1.807) is 28.8 Å². The van der Waals surface area contributed by atoms with E-state index in [-0.39, 0.29) is 29.5 Å². The first-order valence-corrected chi connectivity index (χ1v) is 19.5. The summed E-state index contributed by atoms with van der Waals surface area (Å²) in [5.41, 5.74) is 0.816. The lowest BCUT2D eigenvalue weighted by Crippen LogP contribution is -2.42. The number of phenolic OH excluding ortho intramolecular Hbond substituents is 1. The van der Waals surface area contributed by atoms with Gasteiger partial charge in [0.1, 0.15) is 11.9 Å². The number of thiophene rings is 2. The fraction of sp³-hybridized carbons (Fsp3) is 0.359. The topological polar surface area (TPSA) is 170 Å². The van der Waals surface area contributed by atoms with E-state index in [4.69, 9.17) is 9.15 Å². The molecule has 1 fully saturated rings. The number of aliphatic hydroxyl groups is 2. The highest BCUT2D eigenvalue weighted by Gasteiger charge is 2.45. The van der Waals surface area contributed by atoms with E-state index >= 15 is 0 Å². The molecule has 12 nitrogen and oxygen atoms in total. The summed E-state index contributed by atoms with van der Waals surface area (Å²) in [4.78, 5) is 43.9. The molecule has 0 amide bonds. The molecular weight excluding hydrogens is 717 g/mol. The number of fused-ring (bicyclic) bond motifs is 2. The van der Waals surface area contributed by atoms with Crippen molar-refractivity contribution in [3.8, 4) is 5.75 Å². The first kappa shape index (κ1) is 36.8. The van der Waals surface area contributed by atoms with Crippen LogP contribution in [0, 0.1) is 0 Å². The van der Waals surface area contributed by atoms with Crippen LogP contribution in [-0.2, 0) is 28.2 Å². The van der Waals surface area contributed by atoms with Gasteiger partial charge in [-0.15, -0.1) is 22.7 Å². The second-order valence-electron chi connectivity index (χ2n) is 13.6. The first-order valence-electron chi connectivity index (χ1n) is 17.7. The third kappa shape index (κ3) is 7.74. The Morgan fingerprint density at radius 2 is 1.79 bits per heavy atom. The van der Waals surface area contributed by atoms with Crippen molar-refractivity contribution in [1.29, 1.82) is 0 Å². The first-order chi connectivity index (χ1) is 25.6. The number of aliphatic hydroxyl groups excluding tert-OH is 1. The number of rotatable bonds is 14. The molecule has 0 aliphatic heterocycles. The van der Waals surface area contributed by atoms with E-state index in [2.05, 4.69) is 22.2 Å². The number of nitrogens with one attached hydrogen (secondary N) is 2. The number of aromatic hydroxyl groups is 1. The van der Waals surface area contributed by atoms with Crippen LogP contribution in [0.3, 0.4) is 0 Å². The maximum absolute atomic E-state index is 13.4.